The number of hydrogen-bond acceptors (Lipinski definition) is 2. The molecule has 19 heavy (non-hydrogen) atoms. The van der Waals surface area contributed by atoms with Crippen molar-refractivity contribution < 1.29 is 5.11 Å². The molecule has 1 heterocycles. The summed E-state index contributed by atoms with van der Waals surface area (Å²) in [7, 11) is 0. The van der Waals surface area contributed by atoms with Crippen molar-refractivity contribution in [2.24, 2.45) is 5.92 Å². The van der Waals surface area contributed by atoms with E-state index in [1.807, 2.05) is 18.2 Å². The quantitative estimate of drug-likeness (QED) is 0.886. The summed E-state index contributed by atoms with van der Waals surface area (Å²) in [5.74, 6) is 0.841. The van der Waals surface area contributed by atoms with Gasteiger partial charge >= 0.3 is 0 Å². The fourth-order valence-corrected chi connectivity index (χ4v) is 3.15. The number of rotatable bonds is 4. The molecular formula is C17H21NO. The highest BCUT2D eigenvalue weighted by atomic mass is 16.3. The summed E-state index contributed by atoms with van der Waals surface area (Å²) in [6, 6.07) is 10.1. The van der Waals surface area contributed by atoms with Crippen molar-refractivity contribution in [2.75, 3.05) is 0 Å². The maximum Gasteiger partial charge on any atom is 0.0790 e. The molecule has 1 aliphatic rings. The molecule has 1 unspecified atom stereocenters. The van der Waals surface area contributed by atoms with Gasteiger partial charge in [-0.25, -0.2) is 0 Å². The zero-order chi connectivity index (χ0) is 13.1. The lowest BCUT2D eigenvalue weighted by Gasteiger charge is -2.14. The van der Waals surface area contributed by atoms with Gasteiger partial charge in [-0.2, -0.15) is 0 Å². The number of aromatic nitrogens is 1. The number of aliphatic hydroxyl groups excluding tert-OH is 1. The summed E-state index contributed by atoms with van der Waals surface area (Å²) in [5, 5.41) is 11.4. The monoisotopic (exact) mass is 255 g/mol. The van der Waals surface area contributed by atoms with Gasteiger partial charge < -0.3 is 5.11 Å². The van der Waals surface area contributed by atoms with Crippen molar-refractivity contribution in [1.29, 1.82) is 0 Å². The molecule has 1 aliphatic carbocycles. The summed E-state index contributed by atoms with van der Waals surface area (Å²) in [6.07, 6.45) is 8.95. The van der Waals surface area contributed by atoms with Crippen molar-refractivity contribution in [1.82, 2.24) is 4.98 Å². The molecule has 1 N–H and O–H groups in total. The van der Waals surface area contributed by atoms with E-state index < -0.39 is 0 Å². The third kappa shape index (κ3) is 2.95. The highest BCUT2D eigenvalue weighted by molar-refractivity contribution is 5.78. The molecule has 0 amide bonds. The van der Waals surface area contributed by atoms with Crippen LogP contribution in [-0.2, 0) is 0 Å². The molecule has 1 aromatic heterocycles. The summed E-state index contributed by atoms with van der Waals surface area (Å²) in [4.78, 5) is 4.35. The normalized spacial score (nSPS) is 17.9. The lowest BCUT2D eigenvalue weighted by molar-refractivity contribution is 0.157. The molecule has 0 bridgehead atoms. The second-order valence-corrected chi connectivity index (χ2v) is 5.70. The van der Waals surface area contributed by atoms with Gasteiger partial charge in [0.2, 0.25) is 0 Å². The second kappa shape index (κ2) is 5.70. The summed E-state index contributed by atoms with van der Waals surface area (Å²) in [6.45, 7) is 0. The molecule has 1 aromatic carbocycles. The van der Waals surface area contributed by atoms with E-state index in [1.54, 1.807) is 6.20 Å². The van der Waals surface area contributed by atoms with E-state index in [1.165, 1.54) is 25.7 Å². The zero-order valence-electron chi connectivity index (χ0n) is 11.3. The average molecular weight is 255 g/mol. The van der Waals surface area contributed by atoms with Crippen LogP contribution in [0.3, 0.4) is 0 Å². The van der Waals surface area contributed by atoms with Crippen LogP contribution in [0, 0.1) is 5.92 Å². The van der Waals surface area contributed by atoms with Crippen LogP contribution < -0.4 is 0 Å². The maximum atomic E-state index is 10.3. The highest BCUT2D eigenvalue weighted by Gasteiger charge is 2.17. The number of nitrogens with zero attached hydrogens (tertiary/aromatic N) is 1. The summed E-state index contributed by atoms with van der Waals surface area (Å²) < 4.78 is 0. The second-order valence-electron chi connectivity index (χ2n) is 5.70. The Labute approximate surface area is 114 Å². The van der Waals surface area contributed by atoms with Crippen LogP contribution in [0.4, 0.5) is 0 Å². The van der Waals surface area contributed by atoms with Crippen LogP contribution >= 0.6 is 0 Å². The van der Waals surface area contributed by atoms with Gasteiger partial charge in [-0.05, 0) is 36.5 Å². The van der Waals surface area contributed by atoms with E-state index in [-0.39, 0.29) is 6.10 Å². The molecule has 0 saturated heterocycles. The average Bonchev–Trinajstić information content (AvgIpc) is 2.97. The molecule has 1 saturated carbocycles. The fraction of sp³-hybridized carbons (Fsp3) is 0.471. The van der Waals surface area contributed by atoms with E-state index in [4.69, 9.17) is 0 Å². The van der Waals surface area contributed by atoms with Gasteiger partial charge in [0.15, 0.2) is 0 Å². The van der Waals surface area contributed by atoms with Crippen molar-refractivity contribution in [3.05, 3.63) is 42.1 Å². The Bertz CT molecular complexity index is 546. The Morgan fingerprint density at radius 3 is 2.89 bits per heavy atom. The third-order valence-corrected chi connectivity index (χ3v) is 4.34. The van der Waals surface area contributed by atoms with Crippen LogP contribution in [0.25, 0.3) is 10.9 Å². The van der Waals surface area contributed by atoms with Crippen molar-refractivity contribution in [3.8, 4) is 0 Å². The van der Waals surface area contributed by atoms with Crippen molar-refractivity contribution in [3.63, 3.8) is 0 Å². The van der Waals surface area contributed by atoms with Crippen LogP contribution in [0.2, 0.25) is 0 Å². The zero-order valence-corrected chi connectivity index (χ0v) is 11.3. The number of hydrogen-bond donors (Lipinski definition) is 1. The molecule has 2 nitrogen and oxygen atoms in total. The molecule has 0 aliphatic heterocycles. The van der Waals surface area contributed by atoms with Crippen molar-refractivity contribution >= 4 is 10.9 Å². The topological polar surface area (TPSA) is 33.1 Å². The summed E-state index contributed by atoms with van der Waals surface area (Å²) in [5.41, 5.74) is 1.98. The first-order chi connectivity index (χ1) is 9.33. The lowest BCUT2D eigenvalue weighted by Crippen LogP contribution is -2.01. The molecule has 1 atom stereocenters. The predicted molar refractivity (Wildman–Crippen MR) is 77.9 cm³/mol. The van der Waals surface area contributed by atoms with Crippen LogP contribution in [-0.4, -0.2) is 10.1 Å². The first-order valence-corrected chi connectivity index (χ1v) is 7.36. The standard InChI is InChI=1S/C17H21NO/c19-17(10-7-13-4-1-2-5-13)15-9-8-14-6-3-11-18-16(14)12-15/h3,6,8-9,11-13,17,19H,1-2,4-5,7,10H2. The predicted octanol–water partition coefficient (Wildman–Crippen LogP) is 4.24. The molecule has 1 fully saturated rings. The van der Waals surface area contributed by atoms with Crippen molar-refractivity contribution in [2.45, 2.75) is 44.6 Å². The molecule has 3 rings (SSSR count). The van der Waals surface area contributed by atoms with Gasteiger partial charge in [0, 0.05) is 11.6 Å². The smallest absolute Gasteiger partial charge is 0.0790 e. The Kier molecular flexibility index (Phi) is 3.79. The Balaban J connectivity index is 1.68. The Morgan fingerprint density at radius 1 is 1.21 bits per heavy atom. The number of fused-ring (bicyclic) bond motifs is 1. The van der Waals surface area contributed by atoms with Gasteiger partial charge in [-0.15, -0.1) is 0 Å². The van der Waals surface area contributed by atoms with Gasteiger partial charge in [-0.1, -0.05) is 43.9 Å². The molecule has 2 aromatic rings. The Hall–Kier alpha value is -1.41. The summed E-state index contributed by atoms with van der Waals surface area (Å²) >= 11 is 0. The van der Waals surface area contributed by atoms with Gasteiger partial charge in [0.25, 0.3) is 0 Å². The van der Waals surface area contributed by atoms with Crippen LogP contribution in [0.15, 0.2) is 36.5 Å². The molecule has 2 heteroatoms. The third-order valence-electron chi connectivity index (χ3n) is 4.34. The minimum atomic E-state index is -0.341. The molecule has 100 valence electrons. The maximum absolute atomic E-state index is 10.3. The minimum absolute atomic E-state index is 0.341. The van der Waals surface area contributed by atoms with E-state index in [0.717, 1.165) is 35.2 Å². The van der Waals surface area contributed by atoms with E-state index >= 15 is 0 Å². The first kappa shape index (κ1) is 12.6. The molecular weight excluding hydrogens is 234 g/mol. The lowest BCUT2D eigenvalue weighted by atomic mass is 9.96. The Morgan fingerprint density at radius 2 is 2.05 bits per heavy atom. The molecule has 0 radical (unpaired) electrons. The number of pyridine rings is 1. The van der Waals surface area contributed by atoms with E-state index in [0.29, 0.717) is 0 Å². The van der Waals surface area contributed by atoms with E-state index in [9.17, 15) is 5.11 Å². The van der Waals surface area contributed by atoms with Crippen LogP contribution in [0.5, 0.6) is 0 Å². The molecule has 0 spiro atoms. The van der Waals surface area contributed by atoms with E-state index in [2.05, 4.69) is 17.1 Å². The highest BCUT2D eigenvalue weighted by Crippen LogP contribution is 2.31. The first-order valence-electron chi connectivity index (χ1n) is 7.36. The van der Waals surface area contributed by atoms with Crippen LogP contribution in [0.1, 0.15) is 50.2 Å². The fourth-order valence-electron chi connectivity index (χ4n) is 3.15. The number of benzene rings is 1. The van der Waals surface area contributed by atoms with Gasteiger partial charge in [-0.3, -0.25) is 4.98 Å². The van der Waals surface area contributed by atoms with Gasteiger partial charge in [0.1, 0.15) is 0 Å². The largest absolute Gasteiger partial charge is 0.388 e. The van der Waals surface area contributed by atoms with Gasteiger partial charge in [0.05, 0.1) is 11.6 Å². The minimum Gasteiger partial charge on any atom is -0.388 e. The SMILES string of the molecule is OC(CCC1CCCC1)c1ccc2cccnc2c1. The number of aliphatic hydroxyl groups is 1.